The molecular formula is C19H25ClN4O3. The lowest BCUT2D eigenvalue weighted by atomic mass is 9.95. The van der Waals surface area contributed by atoms with Gasteiger partial charge < -0.3 is 10.6 Å². The molecule has 0 spiro atoms. The first kappa shape index (κ1) is 20.9. The number of hydrogen-bond donors (Lipinski definition) is 2. The standard InChI is InChI=1S/C19H24N4O3.ClH/c1-14-7-9-20-11-16(14)21-17(24)13-23-18(25)8-10-22(19(23)26)12-15-5-3-2-4-6-15;/h2-6,8,10,14,16,20H,7,9,11-13H2,1H3,(H,21,24);1H. The highest BCUT2D eigenvalue weighted by Crippen LogP contribution is 2.10. The summed E-state index contributed by atoms with van der Waals surface area (Å²) < 4.78 is 2.42. The molecule has 1 fully saturated rings. The minimum Gasteiger partial charge on any atom is -0.350 e. The number of amides is 1. The van der Waals surface area contributed by atoms with Crippen LogP contribution in [0.1, 0.15) is 18.9 Å². The average Bonchev–Trinajstić information content (AvgIpc) is 2.64. The number of aromatic nitrogens is 2. The Balaban J connectivity index is 0.00000261. The number of carbonyl (C=O) groups is 1. The number of hydrogen-bond acceptors (Lipinski definition) is 4. The summed E-state index contributed by atoms with van der Waals surface area (Å²) in [4.78, 5) is 37.1. The number of carbonyl (C=O) groups excluding carboxylic acids is 1. The smallest absolute Gasteiger partial charge is 0.331 e. The maximum atomic E-state index is 12.6. The van der Waals surface area contributed by atoms with Gasteiger partial charge in [-0.05, 0) is 24.4 Å². The van der Waals surface area contributed by atoms with E-state index in [4.69, 9.17) is 0 Å². The number of piperidine rings is 1. The van der Waals surface area contributed by atoms with Crippen molar-refractivity contribution in [3.8, 4) is 0 Å². The Morgan fingerprint density at radius 1 is 1.22 bits per heavy atom. The first-order valence-corrected chi connectivity index (χ1v) is 8.89. The molecule has 2 atom stereocenters. The van der Waals surface area contributed by atoms with Crippen molar-refractivity contribution < 1.29 is 4.79 Å². The quantitative estimate of drug-likeness (QED) is 0.780. The van der Waals surface area contributed by atoms with Crippen LogP contribution in [0, 0.1) is 5.92 Å². The maximum absolute atomic E-state index is 12.6. The van der Waals surface area contributed by atoms with Gasteiger partial charge in [-0.2, -0.15) is 0 Å². The Bertz CT molecular complexity index is 879. The van der Waals surface area contributed by atoms with E-state index in [0.29, 0.717) is 19.0 Å². The van der Waals surface area contributed by atoms with Gasteiger partial charge in [-0.15, -0.1) is 12.4 Å². The van der Waals surface area contributed by atoms with E-state index < -0.39 is 11.2 Å². The van der Waals surface area contributed by atoms with Crippen molar-refractivity contribution in [3.63, 3.8) is 0 Å². The highest BCUT2D eigenvalue weighted by Gasteiger charge is 2.23. The molecule has 0 bridgehead atoms. The van der Waals surface area contributed by atoms with Gasteiger partial charge in [0.25, 0.3) is 5.56 Å². The summed E-state index contributed by atoms with van der Waals surface area (Å²) in [7, 11) is 0. The molecule has 0 aliphatic carbocycles. The average molecular weight is 393 g/mol. The third-order valence-corrected chi connectivity index (χ3v) is 4.81. The van der Waals surface area contributed by atoms with Crippen LogP contribution in [0.15, 0.2) is 52.2 Å². The van der Waals surface area contributed by atoms with Crippen LogP contribution in [0.5, 0.6) is 0 Å². The number of halogens is 1. The Hall–Kier alpha value is -2.38. The van der Waals surface area contributed by atoms with Crippen molar-refractivity contribution in [1.82, 2.24) is 19.8 Å². The van der Waals surface area contributed by atoms with Gasteiger partial charge in [0.2, 0.25) is 5.91 Å². The van der Waals surface area contributed by atoms with Crippen molar-refractivity contribution in [3.05, 3.63) is 69.0 Å². The van der Waals surface area contributed by atoms with Crippen molar-refractivity contribution >= 4 is 18.3 Å². The minimum atomic E-state index is -0.480. The molecule has 2 heterocycles. The molecule has 1 aliphatic heterocycles. The van der Waals surface area contributed by atoms with E-state index in [1.165, 1.54) is 16.8 Å². The van der Waals surface area contributed by atoms with E-state index in [-0.39, 0.29) is 30.9 Å². The van der Waals surface area contributed by atoms with Crippen LogP contribution >= 0.6 is 12.4 Å². The lowest BCUT2D eigenvalue weighted by Crippen LogP contribution is -2.52. The zero-order valence-corrected chi connectivity index (χ0v) is 16.1. The van der Waals surface area contributed by atoms with Gasteiger partial charge in [0.1, 0.15) is 6.54 Å². The Labute approximate surface area is 163 Å². The van der Waals surface area contributed by atoms with Crippen LogP contribution < -0.4 is 21.9 Å². The van der Waals surface area contributed by atoms with Gasteiger partial charge in [0.15, 0.2) is 0 Å². The summed E-state index contributed by atoms with van der Waals surface area (Å²) in [5, 5.41) is 6.18. The van der Waals surface area contributed by atoms with E-state index in [9.17, 15) is 14.4 Å². The monoisotopic (exact) mass is 392 g/mol. The Morgan fingerprint density at radius 2 is 1.96 bits per heavy atom. The van der Waals surface area contributed by atoms with Crippen LogP contribution in [-0.4, -0.2) is 34.2 Å². The first-order valence-electron chi connectivity index (χ1n) is 8.89. The van der Waals surface area contributed by atoms with Crippen molar-refractivity contribution in [2.75, 3.05) is 13.1 Å². The second-order valence-corrected chi connectivity index (χ2v) is 6.78. The van der Waals surface area contributed by atoms with E-state index in [2.05, 4.69) is 17.6 Å². The summed E-state index contributed by atoms with van der Waals surface area (Å²) in [6.07, 6.45) is 2.46. The molecule has 2 N–H and O–H groups in total. The van der Waals surface area contributed by atoms with Gasteiger partial charge in [-0.1, -0.05) is 37.3 Å². The topological polar surface area (TPSA) is 85.1 Å². The fraction of sp³-hybridized carbons (Fsp3) is 0.421. The third-order valence-electron chi connectivity index (χ3n) is 4.81. The number of benzene rings is 1. The van der Waals surface area contributed by atoms with Crippen molar-refractivity contribution in [1.29, 1.82) is 0 Å². The highest BCUT2D eigenvalue weighted by molar-refractivity contribution is 5.85. The second-order valence-electron chi connectivity index (χ2n) is 6.78. The van der Waals surface area contributed by atoms with E-state index in [1.807, 2.05) is 30.3 Å². The number of nitrogens with one attached hydrogen (secondary N) is 2. The van der Waals surface area contributed by atoms with Crippen LogP contribution in [0.3, 0.4) is 0 Å². The number of rotatable bonds is 5. The fourth-order valence-corrected chi connectivity index (χ4v) is 3.18. The Kier molecular flexibility index (Phi) is 7.38. The molecule has 0 radical (unpaired) electrons. The predicted octanol–water partition coefficient (Wildman–Crippen LogP) is 0.594. The molecular weight excluding hydrogens is 368 g/mol. The molecule has 0 saturated carbocycles. The zero-order valence-electron chi connectivity index (χ0n) is 15.3. The van der Waals surface area contributed by atoms with Crippen LogP contribution in [-0.2, 0) is 17.9 Å². The van der Waals surface area contributed by atoms with Gasteiger partial charge in [-0.25, -0.2) is 4.79 Å². The van der Waals surface area contributed by atoms with E-state index in [0.717, 1.165) is 23.1 Å². The fourth-order valence-electron chi connectivity index (χ4n) is 3.18. The minimum absolute atomic E-state index is 0. The third kappa shape index (κ3) is 5.30. The Morgan fingerprint density at radius 3 is 2.67 bits per heavy atom. The van der Waals surface area contributed by atoms with Gasteiger partial charge in [-0.3, -0.25) is 18.7 Å². The maximum Gasteiger partial charge on any atom is 0.331 e. The lowest BCUT2D eigenvalue weighted by Gasteiger charge is -2.30. The highest BCUT2D eigenvalue weighted by atomic mass is 35.5. The van der Waals surface area contributed by atoms with E-state index in [1.54, 1.807) is 0 Å². The van der Waals surface area contributed by atoms with Crippen LogP contribution in [0.4, 0.5) is 0 Å². The zero-order chi connectivity index (χ0) is 18.5. The molecule has 8 heteroatoms. The van der Waals surface area contributed by atoms with Gasteiger partial charge >= 0.3 is 5.69 Å². The summed E-state index contributed by atoms with van der Waals surface area (Å²) >= 11 is 0. The normalized spacial score (nSPS) is 19.1. The summed E-state index contributed by atoms with van der Waals surface area (Å²) in [5.74, 6) is 0.0460. The molecule has 1 saturated heterocycles. The molecule has 2 aromatic rings. The largest absolute Gasteiger partial charge is 0.350 e. The van der Waals surface area contributed by atoms with Crippen LogP contribution in [0.2, 0.25) is 0 Å². The molecule has 1 aliphatic rings. The summed E-state index contributed by atoms with van der Waals surface area (Å²) in [6.45, 7) is 3.82. The summed E-state index contributed by atoms with van der Waals surface area (Å²) in [6, 6.07) is 10.8. The van der Waals surface area contributed by atoms with Crippen LogP contribution in [0.25, 0.3) is 0 Å². The van der Waals surface area contributed by atoms with Crippen molar-refractivity contribution in [2.24, 2.45) is 5.92 Å². The molecule has 2 unspecified atom stereocenters. The molecule has 27 heavy (non-hydrogen) atoms. The lowest BCUT2D eigenvalue weighted by molar-refractivity contribution is -0.123. The molecule has 1 aromatic carbocycles. The predicted molar refractivity (Wildman–Crippen MR) is 106 cm³/mol. The summed E-state index contributed by atoms with van der Waals surface area (Å²) in [5.41, 5.74) is 0.00181. The SMILES string of the molecule is CC1CCNCC1NC(=O)Cn1c(=O)ccn(Cc2ccccc2)c1=O.Cl. The van der Waals surface area contributed by atoms with Gasteiger partial charge in [0.05, 0.1) is 6.54 Å². The second kappa shape index (κ2) is 9.53. The number of nitrogens with zero attached hydrogens (tertiary/aromatic N) is 2. The first-order chi connectivity index (χ1) is 12.5. The molecule has 3 rings (SSSR count). The molecule has 146 valence electrons. The molecule has 1 amide bonds. The molecule has 7 nitrogen and oxygen atoms in total. The molecule has 1 aromatic heterocycles. The van der Waals surface area contributed by atoms with Gasteiger partial charge in [0, 0.05) is 24.8 Å². The van der Waals surface area contributed by atoms with Crippen molar-refractivity contribution in [2.45, 2.75) is 32.5 Å². The van der Waals surface area contributed by atoms with E-state index >= 15 is 0 Å².